The first-order valence-electron chi connectivity index (χ1n) is 7.00. The fourth-order valence-electron chi connectivity index (χ4n) is 1.62. The van der Waals surface area contributed by atoms with Gasteiger partial charge in [-0.1, -0.05) is 18.2 Å². The van der Waals surface area contributed by atoms with Gasteiger partial charge >= 0.3 is 0 Å². The molecule has 1 unspecified atom stereocenters. The highest BCUT2D eigenvalue weighted by Gasteiger charge is 2.05. The Kier molecular flexibility index (Phi) is 8.22. The maximum absolute atomic E-state index is 5.78. The number of guanidine groups is 1. The second-order valence-electron chi connectivity index (χ2n) is 4.32. The summed E-state index contributed by atoms with van der Waals surface area (Å²) in [4.78, 5) is 4.15. The Morgan fingerprint density at radius 1 is 1.25 bits per heavy atom. The number of hydrogen-bond donors (Lipinski definition) is 2. The molecule has 2 N–H and O–H groups in total. The summed E-state index contributed by atoms with van der Waals surface area (Å²) >= 11 is 0. The molecule has 0 aliphatic rings. The molecular formula is C15H25N3O2. The highest BCUT2D eigenvalue weighted by Crippen LogP contribution is 2.10. The molecule has 0 fully saturated rings. The molecule has 0 aliphatic carbocycles. The van der Waals surface area contributed by atoms with Crippen molar-refractivity contribution in [1.29, 1.82) is 0 Å². The third-order valence-corrected chi connectivity index (χ3v) is 2.60. The average molecular weight is 279 g/mol. The van der Waals surface area contributed by atoms with Crippen molar-refractivity contribution in [2.75, 3.05) is 33.4 Å². The van der Waals surface area contributed by atoms with Crippen LogP contribution >= 0.6 is 0 Å². The monoisotopic (exact) mass is 279 g/mol. The lowest BCUT2D eigenvalue weighted by Crippen LogP contribution is -2.42. The number of ether oxygens (including phenoxy) is 2. The lowest BCUT2D eigenvalue weighted by Gasteiger charge is -2.17. The molecule has 1 aromatic carbocycles. The summed E-state index contributed by atoms with van der Waals surface area (Å²) < 4.78 is 11.0. The lowest BCUT2D eigenvalue weighted by atomic mass is 10.3. The summed E-state index contributed by atoms with van der Waals surface area (Å²) in [6, 6.07) is 9.80. The Labute approximate surface area is 121 Å². The van der Waals surface area contributed by atoms with Gasteiger partial charge in [0, 0.05) is 20.2 Å². The first-order valence-corrected chi connectivity index (χ1v) is 7.00. The second kappa shape index (κ2) is 10.1. The van der Waals surface area contributed by atoms with Gasteiger partial charge in [-0.05, 0) is 26.0 Å². The van der Waals surface area contributed by atoms with Gasteiger partial charge in [-0.3, -0.25) is 4.99 Å². The molecule has 0 radical (unpaired) electrons. The Bertz CT molecular complexity index is 382. The number of nitrogens with one attached hydrogen (secondary N) is 2. The topological polar surface area (TPSA) is 54.9 Å². The smallest absolute Gasteiger partial charge is 0.191 e. The van der Waals surface area contributed by atoms with E-state index in [2.05, 4.69) is 15.6 Å². The quantitative estimate of drug-likeness (QED) is 0.432. The summed E-state index contributed by atoms with van der Waals surface area (Å²) in [5, 5.41) is 6.41. The molecular weight excluding hydrogens is 254 g/mol. The van der Waals surface area contributed by atoms with Crippen molar-refractivity contribution in [3.8, 4) is 5.75 Å². The SMILES string of the molecule is CCOCCNC(=NC)NCC(C)Oc1ccccc1. The molecule has 1 rings (SSSR count). The van der Waals surface area contributed by atoms with Gasteiger partial charge < -0.3 is 20.1 Å². The van der Waals surface area contributed by atoms with Crippen LogP contribution in [0.2, 0.25) is 0 Å². The summed E-state index contributed by atoms with van der Waals surface area (Å²) in [5.41, 5.74) is 0. The molecule has 0 amide bonds. The molecule has 5 nitrogen and oxygen atoms in total. The molecule has 0 aromatic heterocycles. The minimum atomic E-state index is 0.0582. The standard InChI is InChI=1S/C15H25N3O2/c1-4-19-11-10-17-15(16-3)18-12-13(2)20-14-8-6-5-7-9-14/h5-9,13H,4,10-12H2,1-3H3,(H2,16,17,18). The third-order valence-electron chi connectivity index (χ3n) is 2.60. The molecule has 0 heterocycles. The van der Waals surface area contributed by atoms with E-state index < -0.39 is 0 Å². The Balaban J connectivity index is 2.23. The average Bonchev–Trinajstić information content (AvgIpc) is 2.47. The van der Waals surface area contributed by atoms with Crippen LogP contribution in [0, 0.1) is 0 Å². The predicted molar refractivity (Wildman–Crippen MR) is 82.4 cm³/mol. The Morgan fingerprint density at radius 3 is 2.65 bits per heavy atom. The minimum absolute atomic E-state index is 0.0582. The number of para-hydroxylation sites is 1. The Hall–Kier alpha value is -1.75. The molecule has 20 heavy (non-hydrogen) atoms. The molecule has 0 bridgehead atoms. The minimum Gasteiger partial charge on any atom is -0.489 e. The van der Waals surface area contributed by atoms with Gasteiger partial charge in [-0.25, -0.2) is 0 Å². The number of nitrogens with zero attached hydrogens (tertiary/aromatic N) is 1. The van der Waals surface area contributed by atoms with Gasteiger partial charge in [-0.15, -0.1) is 0 Å². The zero-order chi connectivity index (χ0) is 14.6. The van der Waals surface area contributed by atoms with Gasteiger partial charge in [0.05, 0.1) is 13.2 Å². The van der Waals surface area contributed by atoms with Crippen LogP contribution in [0.3, 0.4) is 0 Å². The highest BCUT2D eigenvalue weighted by atomic mass is 16.5. The van der Waals surface area contributed by atoms with E-state index >= 15 is 0 Å². The first-order chi connectivity index (χ1) is 9.76. The highest BCUT2D eigenvalue weighted by molar-refractivity contribution is 5.79. The fraction of sp³-hybridized carbons (Fsp3) is 0.533. The largest absolute Gasteiger partial charge is 0.489 e. The van der Waals surface area contributed by atoms with Crippen molar-refractivity contribution in [2.45, 2.75) is 20.0 Å². The number of hydrogen-bond acceptors (Lipinski definition) is 3. The van der Waals surface area contributed by atoms with Gasteiger partial charge in [0.2, 0.25) is 0 Å². The summed E-state index contributed by atoms with van der Waals surface area (Å²) in [6.45, 7) is 6.83. The van der Waals surface area contributed by atoms with Crippen molar-refractivity contribution >= 4 is 5.96 Å². The van der Waals surface area contributed by atoms with Crippen molar-refractivity contribution in [2.24, 2.45) is 4.99 Å². The predicted octanol–water partition coefficient (Wildman–Crippen LogP) is 1.66. The normalized spacial score (nSPS) is 12.8. The van der Waals surface area contributed by atoms with Crippen LogP contribution < -0.4 is 15.4 Å². The van der Waals surface area contributed by atoms with Crippen molar-refractivity contribution in [3.05, 3.63) is 30.3 Å². The lowest BCUT2D eigenvalue weighted by molar-refractivity contribution is 0.152. The van der Waals surface area contributed by atoms with Crippen LogP contribution in [0.1, 0.15) is 13.8 Å². The molecule has 1 aromatic rings. The summed E-state index contributed by atoms with van der Waals surface area (Å²) in [5.74, 6) is 1.63. The van der Waals surface area contributed by atoms with Gasteiger partial charge in [-0.2, -0.15) is 0 Å². The van der Waals surface area contributed by atoms with E-state index in [1.54, 1.807) is 7.05 Å². The maximum atomic E-state index is 5.78. The van der Waals surface area contributed by atoms with Crippen molar-refractivity contribution in [1.82, 2.24) is 10.6 Å². The zero-order valence-electron chi connectivity index (χ0n) is 12.6. The Morgan fingerprint density at radius 2 is 2.00 bits per heavy atom. The van der Waals surface area contributed by atoms with Gasteiger partial charge in [0.15, 0.2) is 5.96 Å². The van der Waals surface area contributed by atoms with E-state index in [1.807, 2.05) is 44.2 Å². The number of aliphatic imine (C=N–C) groups is 1. The van der Waals surface area contributed by atoms with Crippen LogP contribution in [-0.4, -0.2) is 45.4 Å². The van der Waals surface area contributed by atoms with Crippen LogP contribution in [0.4, 0.5) is 0 Å². The summed E-state index contributed by atoms with van der Waals surface area (Å²) in [6.07, 6.45) is 0.0582. The van der Waals surface area contributed by atoms with Gasteiger partial charge in [0.1, 0.15) is 11.9 Å². The zero-order valence-corrected chi connectivity index (χ0v) is 12.6. The fourth-order valence-corrected chi connectivity index (χ4v) is 1.62. The molecule has 0 spiro atoms. The van der Waals surface area contributed by atoms with Crippen LogP contribution in [0.5, 0.6) is 5.75 Å². The molecule has 1 atom stereocenters. The van der Waals surface area contributed by atoms with E-state index in [0.29, 0.717) is 13.2 Å². The van der Waals surface area contributed by atoms with E-state index in [4.69, 9.17) is 9.47 Å². The van der Waals surface area contributed by atoms with E-state index in [1.165, 1.54) is 0 Å². The third kappa shape index (κ3) is 6.99. The second-order valence-corrected chi connectivity index (χ2v) is 4.32. The van der Waals surface area contributed by atoms with Crippen molar-refractivity contribution in [3.63, 3.8) is 0 Å². The molecule has 0 saturated carbocycles. The molecule has 0 aliphatic heterocycles. The maximum Gasteiger partial charge on any atom is 0.191 e. The number of rotatable bonds is 8. The van der Waals surface area contributed by atoms with Crippen LogP contribution in [-0.2, 0) is 4.74 Å². The molecule has 0 saturated heterocycles. The molecule has 5 heteroatoms. The van der Waals surface area contributed by atoms with E-state index in [0.717, 1.165) is 24.9 Å². The van der Waals surface area contributed by atoms with Crippen LogP contribution in [0.25, 0.3) is 0 Å². The van der Waals surface area contributed by atoms with Crippen LogP contribution in [0.15, 0.2) is 35.3 Å². The van der Waals surface area contributed by atoms with Gasteiger partial charge in [0.25, 0.3) is 0 Å². The van der Waals surface area contributed by atoms with E-state index in [-0.39, 0.29) is 6.10 Å². The van der Waals surface area contributed by atoms with E-state index in [9.17, 15) is 0 Å². The van der Waals surface area contributed by atoms with Crippen molar-refractivity contribution < 1.29 is 9.47 Å². The first kappa shape index (κ1) is 16.3. The number of benzene rings is 1. The molecule has 112 valence electrons. The summed E-state index contributed by atoms with van der Waals surface area (Å²) in [7, 11) is 1.75.